The molecule has 1 fully saturated rings. The summed E-state index contributed by atoms with van der Waals surface area (Å²) >= 11 is 0. The fourth-order valence-corrected chi connectivity index (χ4v) is 1.09. The van der Waals surface area contributed by atoms with Gasteiger partial charge in [0.05, 0.1) is 6.61 Å². The summed E-state index contributed by atoms with van der Waals surface area (Å²) < 4.78 is 0. The molecule has 0 spiro atoms. The molecule has 9 heavy (non-hydrogen) atoms. The normalized spacial score (nSPS) is 16.7. The smallest absolute Gasteiger partial charge is 0.0646 e. The van der Waals surface area contributed by atoms with E-state index in [0.29, 0.717) is 5.92 Å². The predicted molar refractivity (Wildman–Crippen MR) is 38.2 cm³/mol. The van der Waals surface area contributed by atoms with Crippen molar-refractivity contribution >= 4 is 0 Å². The number of hydrogen-bond acceptors (Lipinski definition) is 1. The highest BCUT2D eigenvalue weighted by Crippen LogP contribution is 2.34. The van der Waals surface area contributed by atoms with E-state index in [4.69, 9.17) is 5.11 Å². The fraction of sp³-hybridized carbons (Fsp3) is 0.750. The molecule has 0 aromatic carbocycles. The second-order valence-corrected chi connectivity index (χ2v) is 2.94. The van der Waals surface area contributed by atoms with Crippen LogP contribution >= 0.6 is 0 Å². The summed E-state index contributed by atoms with van der Waals surface area (Å²) in [6, 6.07) is 0. The Bertz CT molecular complexity index is 128. The maximum absolute atomic E-state index is 8.85. The summed E-state index contributed by atoms with van der Waals surface area (Å²) in [6.07, 6.45) is 2.46. The second kappa shape index (κ2) is 2.53. The maximum atomic E-state index is 8.85. The van der Waals surface area contributed by atoms with Crippen LogP contribution in [0.4, 0.5) is 0 Å². The Hall–Kier alpha value is -0.300. The van der Waals surface area contributed by atoms with Gasteiger partial charge >= 0.3 is 0 Å². The largest absolute Gasteiger partial charge is 0.392 e. The van der Waals surface area contributed by atoms with E-state index in [-0.39, 0.29) is 6.61 Å². The molecule has 1 N–H and O–H groups in total. The van der Waals surface area contributed by atoms with E-state index < -0.39 is 0 Å². The molecule has 0 saturated heterocycles. The van der Waals surface area contributed by atoms with Crippen LogP contribution in [0.2, 0.25) is 0 Å². The summed E-state index contributed by atoms with van der Waals surface area (Å²) in [5.41, 5.74) is 2.77. The molecule has 0 bridgehead atoms. The predicted octanol–water partition coefficient (Wildman–Crippen LogP) is 1.73. The van der Waals surface area contributed by atoms with E-state index in [0.717, 1.165) is 0 Å². The van der Waals surface area contributed by atoms with Gasteiger partial charge in [-0.25, -0.2) is 0 Å². The summed E-state index contributed by atoms with van der Waals surface area (Å²) in [7, 11) is 0. The zero-order valence-corrected chi connectivity index (χ0v) is 6.15. The number of hydrogen-bond donors (Lipinski definition) is 1. The van der Waals surface area contributed by atoms with Crippen molar-refractivity contribution in [3.8, 4) is 0 Å². The molecule has 1 rings (SSSR count). The molecule has 1 aliphatic carbocycles. The summed E-state index contributed by atoms with van der Waals surface area (Å²) in [5, 5.41) is 8.85. The van der Waals surface area contributed by atoms with Gasteiger partial charge in [0.15, 0.2) is 0 Å². The van der Waals surface area contributed by atoms with Gasteiger partial charge in [0.25, 0.3) is 0 Å². The molecule has 1 nitrogen and oxygen atoms in total. The van der Waals surface area contributed by atoms with E-state index in [2.05, 4.69) is 13.8 Å². The van der Waals surface area contributed by atoms with Crippen molar-refractivity contribution in [2.45, 2.75) is 26.7 Å². The fourth-order valence-electron chi connectivity index (χ4n) is 1.09. The molecule has 0 atom stereocenters. The van der Waals surface area contributed by atoms with Gasteiger partial charge in [-0.3, -0.25) is 0 Å². The Kier molecular flexibility index (Phi) is 1.91. The van der Waals surface area contributed by atoms with Gasteiger partial charge < -0.3 is 5.11 Å². The minimum atomic E-state index is 0.271. The maximum Gasteiger partial charge on any atom is 0.0646 e. The molecular formula is C8H14O. The van der Waals surface area contributed by atoms with Gasteiger partial charge in [-0.15, -0.1) is 0 Å². The van der Waals surface area contributed by atoms with Crippen LogP contribution in [-0.2, 0) is 0 Å². The standard InChI is InChI=1S/C8H14O/c1-6(2)8(5-9)7-3-4-7/h6,9H,3-5H2,1-2H3. The summed E-state index contributed by atoms with van der Waals surface area (Å²) in [6.45, 7) is 4.54. The molecule has 1 heteroatoms. The van der Waals surface area contributed by atoms with Crippen molar-refractivity contribution in [3.63, 3.8) is 0 Å². The van der Waals surface area contributed by atoms with Crippen molar-refractivity contribution in [3.05, 3.63) is 11.1 Å². The monoisotopic (exact) mass is 126 g/mol. The second-order valence-electron chi connectivity index (χ2n) is 2.94. The van der Waals surface area contributed by atoms with Crippen LogP contribution in [0.5, 0.6) is 0 Å². The minimum Gasteiger partial charge on any atom is -0.392 e. The van der Waals surface area contributed by atoms with E-state index in [1.54, 1.807) is 0 Å². The molecule has 1 aliphatic rings. The van der Waals surface area contributed by atoms with Gasteiger partial charge in [0.2, 0.25) is 0 Å². The molecule has 52 valence electrons. The van der Waals surface area contributed by atoms with Crippen LogP contribution < -0.4 is 0 Å². The van der Waals surface area contributed by atoms with Crippen LogP contribution in [0.15, 0.2) is 11.1 Å². The van der Waals surface area contributed by atoms with Crippen LogP contribution in [-0.4, -0.2) is 11.7 Å². The Morgan fingerprint density at radius 1 is 1.56 bits per heavy atom. The molecule has 0 aromatic rings. The first-order valence-electron chi connectivity index (χ1n) is 3.57. The highest BCUT2D eigenvalue weighted by molar-refractivity contribution is 5.26. The molecule has 0 aliphatic heterocycles. The van der Waals surface area contributed by atoms with Crippen molar-refractivity contribution in [1.29, 1.82) is 0 Å². The third-order valence-corrected chi connectivity index (χ3v) is 1.82. The van der Waals surface area contributed by atoms with Crippen molar-refractivity contribution in [2.75, 3.05) is 6.61 Å². The first-order chi connectivity index (χ1) is 4.25. The molecular weight excluding hydrogens is 112 g/mol. The summed E-state index contributed by atoms with van der Waals surface area (Å²) in [5.74, 6) is 0.549. The first-order valence-corrected chi connectivity index (χ1v) is 3.57. The SMILES string of the molecule is CC(C)C(CO)=C1CC1. The van der Waals surface area contributed by atoms with Gasteiger partial charge in [-0.1, -0.05) is 19.4 Å². The topological polar surface area (TPSA) is 20.2 Å². The zero-order valence-electron chi connectivity index (χ0n) is 6.15. The lowest BCUT2D eigenvalue weighted by molar-refractivity contribution is 0.318. The molecule has 0 aromatic heterocycles. The van der Waals surface area contributed by atoms with Gasteiger partial charge in [-0.2, -0.15) is 0 Å². The lowest BCUT2D eigenvalue weighted by Gasteiger charge is -2.05. The van der Waals surface area contributed by atoms with E-state index in [9.17, 15) is 0 Å². The van der Waals surface area contributed by atoms with Crippen LogP contribution in [0.3, 0.4) is 0 Å². The van der Waals surface area contributed by atoms with E-state index in [1.807, 2.05) is 0 Å². The van der Waals surface area contributed by atoms with Crippen molar-refractivity contribution < 1.29 is 5.11 Å². The molecule has 0 unspecified atom stereocenters. The lowest BCUT2D eigenvalue weighted by Crippen LogP contribution is -1.98. The number of allylic oxidation sites excluding steroid dienone is 1. The van der Waals surface area contributed by atoms with E-state index in [1.165, 1.54) is 24.0 Å². The average Bonchev–Trinajstić information content (AvgIpc) is 2.50. The highest BCUT2D eigenvalue weighted by Gasteiger charge is 2.18. The number of rotatable bonds is 2. The Balaban J connectivity index is 2.59. The van der Waals surface area contributed by atoms with Crippen LogP contribution in [0, 0.1) is 5.92 Å². The molecule has 0 amide bonds. The summed E-state index contributed by atoms with van der Waals surface area (Å²) in [4.78, 5) is 0. The number of aliphatic hydroxyl groups excluding tert-OH is 1. The van der Waals surface area contributed by atoms with Gasteiger partial charge in [0, 0.05) is 0 Å². The zero-order chi connectivity index (χ0) is 6.85. The Morgan fingerprint density at radius 3 is 2.22 bits per heavy atom. The number of aliphatic hydroxyl groups is 1. The lowest BCUT2D eigenvalue weighted by atomic mass is 10.0. The van der Waals surface area contributed by atoms with Crippen molar-refractivity contribution in [1.82, 2.24) is 0 Å². The van der Waals surface area contributed by atoms with Gasteiger partial charge in [-0.05, 0) is 24.3 Å². The molecule has 0 radical (unpaired) electrons. The minimum absolute atomic E-state index is 0.271. The molecule has 0 heterocycles. The van der Waals surface area contributed by atoms with E-state index >= 15 is 0 Å². The van der Waals surface area contributed by atoms with Crippen LogP contribution in [0.1, 0.15) is 26.7 Å². The highest BCUT2D eigenvalue weighted by atomic mass is 16.3. The van der Waals surface area contributed by atoms with Gasteiger partial charge in [0.1, 0.15) is 0 Å². The van der Waals surface area contributed by atoms with Crippen molar-refractivity contribution in [2.24, 2.45) is 5.92 Å². The quantitative estimate of drug-likeness (QED) is 0.558. The third-order valence-electron chi connectivity index (χ3n) is 1.82. The Labute approximate surface area is 56.4 Å². The molecule has 1 saturated carbocycles. The first kappa shape index (κ1) is 6.81. The average molecular weight is 126 g/mol. The van der Waals surface area contributed by atoms with Crippen LogP contribution in [0.25, 0.3) is 0 Å². The third kappa shape index (κ3) is 1.55. The Morgan fingerprint density at radius 2 is 2.11 bits per heavy atom.